The molecule has 1 atom stereocenters. The van der Waals surface area contributed by atoms with E-state index in [1.54, 1.807) is 0 Å². The first-order valence-corrected chi connectivity index (χ1v) is 6.57. The second-order valence-electron chi connectivity index (χ2n) is 3.53. The molecule has 0 aliphatic heterocycles. The third kappa shape index (κ3) is 2.27. The van der Waals surface area contributed by atoms with E-state index < -0.39 is 0 Å². The van der Waals surface area contributed by atoms with Crippen LogP contribution in [0.2, 0.25) is 0 Å². The quantitative estimate of drug-likeness (QED) is 0.788. The molecule has 0 spiro atoms. The SMILES string of the molecule is CPC(=O)CCc1c[nH]c2ccccc12. The van der Waals surface area contributed by atoms with Crippen molar-refractivity contribution in [2.45, 2.75) is 12.8 Å². The molecule has 2 rings (SSSR count). The summed E-state index contributed by atoms with van der Waals surface area (Å²) < 4.78 is 0. The average Bonchev–Trinajstić information content (AvgIpc) is 2.69. The largest absolute Gasteiger partial charge is 0.361 e. The summed E-state index contributed by atoms with van der Waals surface area (Å²) in [6.45, 7) is 1.94. The second kappa shape index (κ2) is 4.59. The Bertz CT molecular complexity index is 475. The van der Waals surface area contributed by atoms with Crippen LogP contribution in [0, 0.1) is 0 Å². The van der Waals surface area contributed by atoms with Crippen LogP contribution in [0.5, 0.6) is 0 Å². The van der Waals surface area contributed by atoms with Gasteiger partial charge in [-0.05, 0) is 24.7 Å². The first-order chi connectivity index (χ1) is 7.31. The lowest BCUT2D eigenvalue weighted by molar-refractivity contribution is -0.111. The van der Waals surface area contributed by atoms with Crippen LogP contribution in [0.4, 0.5) is 0 Å². The average molecular weight is 219 g/mol. The molecule has 0 radical (unpaired) electrons. The van der Waals surface area contributed by atoms with Crippen molar-refractivity contribution < 1.29 is 4.79 Å². The smallest absolute Gasteiger partial charge is 0.151 e. The van der Waals surface area contributed by atoms with Crippen molar-refractivity contribution in [2.75, 3.05) is 6.66 Å². The summed E-state index contributed by atoms with van der Waals surface area (Å²) in [7, 11) is 0.421. The molecule has 1 heterocycles. The van der Waals surface area contributed by atoms with Gasteiger partial charge in [-0.3, -0.25) is 4.79 Å². The van der Waals surface area contributed by atoms with Gasteiger partial charge in [0.05, 0.1) is 0 Å². The van der Waals surface area contributed by atoms with E-state index in [1.807, 2.05) is 25.0 Å². The topological polar surface area (TPSA) is 32.9 Å². The van der Waals surface area contributed by atoms with Crippen LogP contribution in [0.15, 0.2) is 30.5 Å². The van der Waals surface area contributed by atoms with Crippen molar-refractivity contribution in [1.29, 1.82) is 0 Å². The Balaban J connectivity index is 2.18. The molecule has 15 heavy (non-hydrogen) atoms. The molecule has 1 N–H and O–H groups in total. The third-order valence-electron chi connectivity index (χ3n) is 2.58. The predicted molar refractivity (Wildman–Crippen MR) is 65.9 cm³/mol. The molecule has 78 valence electrons. The van der Waals surface area contributed by atoms with E-state index in [9.17, 15) is 4.79 Å². The fourth-order valence-electron chi connectivity index (χ4n) is 1.71. The van der Waals surface area contributed by atoms with E-state index in [0.717, 1.165) is 11.9 Å². The summed E-state index contributed by atoms with van der Waals surface area (Å²) in [4.78, 5) is 14.5. The minimum atomic E-state index is 0.361. The Morgan fingerprint density at radius 3 is 3.00 bits per heavy atom. The van der Waals surface area contributed by atoms with Gasteiger partial charge in [0.25, 0.3) is 0 Å². The van der Waals surface area contributed by atoms with Crippen LogP contribution >= 0.6 is 8.58 Å². The number of nitrogens with one attached hydrogen (secondary N) is 1. The van der Waals surface area contributed by atoms with Gasteiger partial charge in [0.1, 0.15) is 0 Å². The standard InChI is InChI=1S/C12H14NOP/c1-15-12(14)7-6-9-8-13-11-5-3-2-4-10(9)11/h2-5,8,13,15H,6-7H2,1H3. The van der Waals surface area contributed by atoms with Crippen molar-refractivity contribution in [3.63, 3.8) is 0 Å². The van der Waals surface area contributed by atoms with Gasteiger partial charge in [-0.15, -0.1) is 0 Å². The highest BCUT2D eigenvalue weighted by Gasteiger charge is 2.04. The summed E-state index contributed by atoms with van der Waals surface area (Å²) in [5, 5.41) is 1.24. The summed E-state index contributed by atoms with van der Waals surface area (Å²) in [5.41, 5.74) is 2.76. The summed E-state index contributed by atoms with van der Waals surface area (Å²) in [6, 6.07) is 8.20. The molecular weight excluding hydrogens is 205 g/mol. The van der Waals surface area contributed by atoms with Gasteiger partial charge in [-0.2, -0.15) is 0 Å². The first kappa shape index (κ1) is 10.4. The Labute approximate surface area is 90.9 Å². The lowest BCUT2D eigenvalue weighted by Gasteiger charge is -1.97. The van der Waals surface area contributed by atoms with E-state index in [-0.39, 0.29) is 0 Å². The lowest BCUT2D eigenvalue weighted by atomic mass is 10.1. The van der Waals surface area contributed by atoms with Crippen molar-refractivity contribution in [1.82, 2.24) is 4.98 Å². The molecule has 0 fully saturated rings. The molecule has 1 aromatic heterocycles. The fraction of sp³-hybridized carbons (Fsp3) is 0.250. The maximum Gasteiger partial charge on any atom is 0.151 e. The molecule has 2 aromatic rings. The first-order valence-electron chi connectivity index (χ1n) is 5.07. The van der Waals surface area contributed by atoms with Crippen molar-refractivity contribution in [3.8, 4) is 0 Å². The molecule has 0 bridgehead atoms. The number of benzene rings is 1. The zero-order chi connectivity index (χ0) is 10.7. The number of hydrogen-bond acceptors (Lipinski definition) is 1. The number of fused-ring (bicyclic) bond motifs is 1. The minimum Gasteiger partial charge on any atom is -0.361 e. The van der Waals surface area contributed by atoms with Gasteiger partial charge in [0.2, 0.25) is 0 Å². The maximum absolute atomic E-state index is 11.2. The maximum atomic E-state index is 11.2. The van der Waals surface area contributed by atoms with E-state index in [2.05, 4.69) is 17.1 Å². The number of hydrogen-bond donors (Lipinski definition) is 1. The second-order valence-corrected chi connectivity index (χ2v) is 4.59. The van der Waals surface area contributed by atoms with Crippen LogP contribution in [0.1, 0.15) is 12.0 Å². The van der Waals surface area contributed by atoms with Gasteiger partial charge in [-0.1, -0.05) is 26.8 Å². The van der Waals surface area contributed by atoms with E-state index in [0.29, 0.717) is 20.5 Å². The van der Waals surface area contributed by atoms with Gasteiger partial charge in [0.15, 0.2) is 5.52 Å². The highest BCUT2D eigenvalue weighted by molar-refractivity contribution is 7.57. The van der Waals surface area contributed by atoms with Crippen LogP contribution in [-0.2, 0) is 11.2 Å². The number of rotatable bonds is 4. The van der Waals surface area contributed by atoms with Gasteiger partial charge in [0, 0.05) is 23.5 Å². The van der Waals surface area contributed by atoms with Gasteiger partial charge in [-0.25, -0.2) is 0 Å². The lowest BCUT2D eigenvalue weighted by Crippen LogP contribution is -1.91. The van der Waals surface area contributed by atoms with Crippen molar-refractivity contribution >= 4 is 25.0 Å². The van der Waals surface area contributed by atoms with E-state index in [1.165, 1.54) is 10.9 Å². The molecular formula is C12H14NOP. The minimum absolute atomic E-state index is 0.361. The van der Waals surface area contributed by atoms with Crippen LogP contribution < -0.4 is 0 Å². The number of para-hydroxylation sites is 1. The molecule has 0 amide bonds. The molecule has 0 saturated carbocycles. The normalized spacial score (nSPS) is 11.5. The van der Waals surface area contributed by atoms with Crippen LogP contribution in [0.3, 0.4) is 0 Å². The highest BCUT2D eigenvalue weighted by atomic mass is 31.1. The summed E-state index contributed by atoms with van der Waals surface area (Å²) in [5.74, 6) is 0. The number of aromatic nitrogens is 1. The van der Waals surface area contributed by atoms with Crippen LogP contribution in [0.25, 0.3) is 10.9 Å². The monoisotopic (exact) mass is 219 g/mol. The fourth-order valence-corrected chi connectivity index (χ4v) is 2.09. The Morgan fingerprint density at radius 2 is 2.20 bits per heavy atom. The Morgan fingerprint density at radius 1 is 1.40 bits per heavy atom. The third-order valence-corrected chi connectivity index (χ3v) is 3.38. The van der Waals surface area contributed by atoms with Crippen molar-refractivity contribution in [2.24, 2.45) is 0 Å². The van der Waals surface area contributed by atoms with Gasteiger partial charge >= 0.3 is 0 Å². The van der Waals surface area contributed by atoms with Crippen LogP contribution in [-0.4, -0.2) is 17.2 Å². The highest BCUT2D eigenvalue weighted by Crippen LogP contribution is 2.20. The zero-order valence-corrected chi connectivity index (χ0v) is 9.71. The Hall–Kier alpha value is -1.14. The van der Waals surface area contributed by atoms with Gasteiger partial charge < -0.3 is 4.98 Å². The molecule has 0 saturated heterocycles. The van der Waals surface area contributed by atoms with E-state index in [4.69, 9.17) is 0 Å². The number of carbonyl (C=O) groups is 1. The summed E-state index contributed by atoms with van der Waals surface area (Å²) >= 11 is 0. The number of aryl methyl sites for hydroxylation is 1. The summed E-state index contributed by atoms with van der Waals surface area (Å²) in [6.07, 6.45) is 3.52. The molecule has 3 heteroatoms. The number of carbonyl (C=O) groups excluding carboxylic acids is 1. The molecule has 0 aliphatic carbocycles. The zero-order valence-electron chi connectivity index (χ0n) is 8.71. The van der Waals surface area contributed by atoms with E-state index >= 15 is 0 Å². The number of aromatic amines is 1. The number of H-pyrrole nitrogens is 1. The molecule has 0 aliphatic rings. The Kier molecular flexibility index (Phi) is 3.17. The predicted octanol–water partition coefficient (Wildman–Crippen LogP) is 2.94. The molecule has 2 nitrogen and oxygen atoms in total. The molecule has 1 aromatic carbocycles. The molecule has 1 unspecified atom stereocenters. The van der Waals surface area contributed by atoms with Crippen molar-refractivity contribution in [3.05, 3.63) is 36.0 Å².